The summed E-state index contributed by atoms with van der Waals surface area (Å²) in [6, 6.07) is 6.11. The van der Waals surface area contributed by atoms with Gasteiger partial charge in [-0.25, -0.2) is 4.98 Å². The predicted molar refractivity (Wildman–Crippen MR) is 62.7 cm³/mol. The number of imidazole rings is 1. The summed E-state index contributed by atoms with van der Waals surface area (Å²) in [6.07, 6.45) is 0. The van der Waals surface area contributed by atoms with Gasteiger partial charge in [-0.3, -0.25) is 0 Å². The first-order valence-corrected chi connectivity index (χ1v) is 5.20. The number of nitrogens with zero attached hydrogens (tertiary/aromatic N) is 1. The van der Waals surface area contributed by atoms with Crippen molar-refractivity contribution in [1.82, 2.24) is 9.97 Å². The number of fused-ring (bicyclic) bond motifs is 1. The first kappa shape index (κ1) is 10.2. The van der Waals surface area contributed by atoms with Gasteiger partial charge < -0.3 is 10.7 Å². The maximum absolute atomic E-state index is 5.60. The van der Waals surface area contributed by atoms with Gasteiger partial charge in [0.1, 0.15) is 5.82 Å². The summed E-state index contributed by atoms with van der Waals surface area (Å²) in [5.74, 6) is 1.02. The third-order valence-electron chi connectivity index (χ3n) is 2.49. The molecule has 3 N–H and O–H groups in total. The molecule has 0 spiro atoms. The van der Waals surface area contributed by atoms with Crippen LogP contribution in [0.2, 0.25) is 0 Å². The van der Waals surface area contributed by atoms with Crippen LogP contribution >= 0.6 is 0 Å². The van der Waals surface area contributed by atoms with E-state index in [0.717, 1.165) is 22.4 Å². The van der Waals surface area contributed by atoms with E-state index in [-0.39, 0.29) is 5.41 Å². The van der Waals surface area contributed by atoms with Crippen molar-refractivity contribution in [3.8, 4) is 0 Å². The first-order chi connectivity index (χ1) is 7.00. The van der Waals surface area contributed by atoms with Gasteiger partial charge >= 0.3 is 0 Å². The van der Waals surface area contributed by atoms with E-state index in [4.69, 9.17) is 5.73 Å². The van der Waals surface area contributed by atoms with E-state index in [1.54, 1.807) is 0 Å². The Morgan fingerprint density at radius 1 is 1.33 bits per heavy atom. The highest BCUT2D eigenvalue weighted by Gasteiger charge is 2.17. The number of H-pyrrole nitrogens is 1. The summed E-state index contributed by atoms with van der Waals surface area (Å²) in [5.41, 5.74) is 8.87. The van der Waals surface area contributed by atoms with Crippen molar-refractivity contribution in [1.29, 1.82) is 0 Å². The number of hydrogen-bond donors (Lipinski definition) is 2. The molecule has 3 nitrogen and oxygen atoms in total. The second kappa shape index (κ2) is 3.35. The van der Waals surface area contributed by atoms with Gasteiger partial charge in [0.05, 0.1) is 11.0 Å². The standard InChI is InChI=1S/C12H17N3/c1-12(2,3)11-14-9-5-4-8(7-13)6-10(9)15-11/h4-6H,7,13H2,1-3H3,(H,14,15). The molecular formula is C12H17N3. The lowest BCUT2D eigenvalue weighted by molar-refractivity contribution is 0.554. The van der Waals surface area contributed by atoms with E-state index < -0.39 is 0 Å². The summed E-state index contributed by atoms with van der Waals surface area (Å²) in [6.45, 7) is 7.01. The SMILES string of the molecule is CC(C)(C)c1nc2ccc(CN)cc2[nH]1. The number of nitrogens with two attached hydrogens (primary N) is 1. The van der Waals surface area contributed by atoms with Crippen LogP contribution in [0, 0.1) is 0 Å². The largest absolute Gasteiger partial charge is 0.342 e. The minimum absolute atomic E-state index is 0.0574. The number of rotatable bonds is 1. The van der Waals surface area contributed by atoms with Gasteiger partial charge in [0, 0.05) is 12.0 Å². The van der Waals surface area contributed by atoms with Gasteiger partial charge in [0.25, 0.3) is 0 Å². The van der Waals surface area contributed by atoms with Crippen molar-refractivity contribution in [3.05, 3.63) is 29.6 Å². The van der Waals surface area contributed by atoms with Crippen LogP contribution in [0.4, 0.5) is 0 Å². The highest BCUT2D eigenvalue weighted by Crippen LogP contribution is 2.22. The van der Waals surface area contributed by atoms with Crippen LogP contribution in [0.5, 0.6) is 0 Å². The van der Waals surface area contributed by atoms with E-state index in [0.29, 0.717) is 6.54 Å². The molecule has 3 heteroatoms. The second-order valence-electron chi connectivity index (χ2n) is 4.89. The third-order valence-corrected chi connectivity index (χ3v) is 2.49. The molecule has 0 radical (unpaired) electrons. The van der Waals surface area contributed by atoms with Crippen LogP contribution in [0.3, 0.4) is 0 Å². The molecule has 80 valence electrons. The maximum Gasteiger partial charge on any atom is 0.112 e. The molecule has 0 bridgehead atoms. The van der Waals surface area contributed by atoms with Crippen LogP contribution in [-0.2, 0) is 12.0 Å². The summed E-state index contributed by atoms with van der Waals surface area (Å²) >= 11 is 0. The predicted octanol–water partition coefficient (Wildman–Crippen LogP) is 2.32. The number of benzene rings is 1. The lowest BCUT2D eigenvalue weighted by Gasteiger charge is -2.13. The molecule has 0 amide bonds. The highest BCUT2D eigenvalue weighted by molar-refractivity contribution is 5.76. The average Bonchev–Trinajstić information content (AvgIpc) is 2.59. The third kappa shape index (κ3) is 1.88. The number of hydrogen-bond acceptors (Lipinski definition) is 2. The Morgan fingerprint density at radius 3 is 2.67 bits per heavy atom. The minimum atomic E-state index is 0.0574. The molecule has 0 saturated heterocycles. The Kier molecular flexibility index (Phi) is 2.27. The summed E-state index contributed by atoms with van der Waals surface area (Å²) in [4.78, 5) is 7.91. The Bertz CT molecular complexity index is 477. The summed E-state index contributed by atoms with van der Waals surface area (Å²) in [5, 5.41) is 0. The fourth-order valence-corrected chi connectivity index (χ4v) is 1.54. The lowest BCUT2D eigenvalue weighted by Crippen LogP contribution is -2.12. The Morgan fingerprint density at radius 2 is 2.07 bits per heavy atom. The fourth-order valence-electron chi connectivity index (χ4n) is 1.54. The first-order valence-electron chi connectivity index (χ1n) is 5.20. The normalized spacial score (nSPS) is 12.3. The van der Waals surface area contributed by atoms with Gasteiger partial charge in [0.15, 0.2) is 0 Å². The van der Waals surface area contributed by atoms with Crippen LogP contribution in [0.25, 0.3) is 11.0 Å². The van der Waals surface area contributed by atoms with E-state index in [2.05, 4.69) is 36.8 Å². The molecule has 1 aromatic heterocycles. The molecule has 0 aliphatic carbocycles. The summed E-state index contributed by atoms with van der Waals surface area (Å²) in [7, 11) is 0. The molecule has 15 heavy (non-hydrogen) atoms. The molecule has 0 aliphatic heterocycles. The zero-order chi connectivity index (χ0) is 11.1. The second-order valence-corrected chi connectivity index (χ2v) is 4.89. The van der Waals surface area contributed by atoms with Gasteiger partial charge in [-0.15, -0.1) is 0 Å². The zero-order valence-corrected chi connectivity index (χ0v) is 9.46. The van der Waals surface area contributed by atoms with E-state index in [9.17, 15) is 0 Å². The molecule has 0 unspecified atom stereocenters. The molecular weight excluding hydrogens is 186 g/mol. The molecule has 0 aliphatic rings. The minimum Gasteiger partial charge on any atom is -0.342 e. The topological polar surface area (TPSA) is 54.7 Å². The molecule has 2 aromatic rings. The molecule has 0 saturated carbocycles. The van der Waals surface area contributed by atoms with Crippen molar-refractivity contribution in [2.75, 3.05) is 0 Å². The van der Waals surface area contributed by atoms with E-state index in [1.807, 2.05) is 12.1 Å². The average molecular weight is 203 g/mol. The van der Waals surface area contributed by atoms with Crippen molar-refractivity contribution < 1.29 is 0 Å². The maximum atomic E-state index is 5.60. The smallest absolute Gasteiger partial charge is 0.112 e. The Labute approximate surface area is 89.7 Å². The van der Waals surface area contributed by atoms with Crippen LogP contribution in [0.1, 0.15) is 32.2 Å². The van der Waals surface area contributed by atoms with Crippen molar-refractivity contribution >= 4 is 11.0 Å². The van der Waals surface area contributed by atoms with Crippen molar-refractivity contribution in [3.63, 3.8) is 0 Å². The monoisotopic (exact) mass is 203 g/mol. The number of nitrogens with one attached hydrogen (secondary N) is 1. The van der Waals surface area contributed by atoms with Crippen molar-refractivity contribution in [2.24, 2.45) is 5.73 Å². The Hall–Kier alpha value is -1.35. The van der Waals surface area contributed by atoms with E-state index in [1.165, 1.54) is 0 Å². The fraction of sp³-hybridized carbons (Fsp3) is 0.417. The van der Waals surface area contributed by atoms with Crippen LogP contribution < -0.4 is 5.73 Å². The molecule has 1 heterocycles. The number of aromatic amines is 1. The Balaban J connectivity index is 2.56. The molecule has 1 aromatic carbocycles. The van der Waals surface area contributed by atoms with Gasteiger partial charge in [-0.2, -0.15) is 0 Å². The quantitative estimate of drug-likeness (QED) is 0.747. The zero-order valence-electron chi connectivity index (χ0n) is 9.46. The van der Waals surface area contributed by atoms with Crippen molar-refractivity contribution in [2.45, 2.75) is 32.7 Å². The van der Waals surface area contributed by atoms with Gasteiger partial charge in [0.2, 0.25) is 0 Å². The van der Waals surface area contributed by atoms with Crippen LogP contribution in [0.15, 0.2) is 18.2 Å². The molecule has 0 atom stereocenters. The molecule has 0 fully saturated rings. The highest BCUT2D eigenvalue weighted by atomic mass is 14.9. The van der Waals surface area contributed by atoms with E-state index >= 15 is 0 Å². The number of aromatic nitrogens is 2. The van der Waals surface area contributed by atoms with Crippen LogP contribution in [-0.4, -0.2) is 9.97 Å². The summed E-state index contributed by atoms with van der Waals surface area (Å²) < 4.78 is 0. The lowest BCUT2D eigenvalue weighted by atomic mass is 9.96. The van der Waals surface area contributed by atoms with Gasteiger partial charge in [-0.05, 0) is 17.7 Å². The van der Waals surface area contributed by atoms with Gasteiger partial charge in [-0.1, -0.05) is 26.8 Å². The molecule has 2 rings (SSSR count).